The molecule has 0 radical (unpaired) electrons. The fourth-order valence-electron chi connectivity index (χ4n) is 2.88. The number of nitrogens with zero attached hydrogens (tertiary/aromatic N) is 3. The second kappa shape index (κ2) is 8.77. The zero-order chi connectivity index (χ0) is 20.0. The van der Waals surface area contributed by atoms with Crippen molar-refractivity contribution < 1.29 is 18.0 Å². The maximum absolute atomic E-state index is 12.7. The predicted octanol–water partition coefficient (Wildman–Crippen LogP) is 3.33. The molecule has 2 amide bonds. The number of halogens is 3. The Morgan fingerprint density at radius 3 is 2.64 bits per heavy atom. The number of urea groups is 1. The van der Waals surface area contributed by atoms with E-state index in [4.69, 9.17) is 0 Å². The molecule has 1 aliphatic rings. The lowest BCUT2D eigenvalue weighted by molar-refractivity contribution is -0.137. The van der Waals surface area contributed by atoms with Gasteiger partial charge in [0, 0.05) is 37.9 Å². The fourth-order valence-corrected chi connectivity index (χ4v) is 2.88. The number of alkyl halides is 3. The molecule has 1 aliphatic heterocycles. The molecular formula is C18H21F3N6O. The molecule has 150 valence electrons. The summed E-state index contributed by atoms with van der Waals surface area (Å²) in [5.41, 5.74) is -0.740. The topological polar surface area (TPSA) is 82.2 Å². The van der Waals surface area contributed by atoms with Crippen molar-refractivity contribution in [3.63, 3.8) is 0 Å². The summed E-state index contributed by atoms with van der Waals surface area (Å²) in [5, 5.41) is 8.06. The zero-order valence-corrected chi connectivity index (χ0v) is 15.1. The van der Waals surface area contributed by atoms with Crippen LogP contribution in [0, 0.1) is 0 Å². The highest BCUT2D eigenvalue weighted by molar-refractivity contribution is 5.89. The van der Waals surface area contributed by atoms with E-state index in [0.29, 0.717) is 12.4 Å². The van der Waals surface area contributed by atoms with E-state index in [9.17, 15) is 18.0 Å². The van der Waals surface area contributed by atoms with Gasteiger partial charge in [0.15, 0.2) is 0 Å². The molecule has 1 aromatic heterocycles. The smallest absolute Gasteiger partial charge is 0.368 e. The highest BCUT2D eigenvalue weighted by Gasteiger charge is 2.30. The Balaban J connectivity index is 1.43. The van der Waals surface area contributed by atoms with Gasteiger partial charge in [-0.25, -0.2) is 14.8 Å². The highest BCUT2D eigenvalue weighted by atomic mass is 19.4. The Morgan fingerprint density at radius 1 is 1.11 bits per heavy atom. The van der Waals surface area contributed by atoms with Crippen molar-refractivity contribution in [2.24, 2.45) is 0 Å². The molecule has 0 spiro atoms. The van der Waals surface area contributed by atoms with Gasteiger partial charge in [-0.2, -0.15) is 13.2 Å². The van der Waals surface area contributed by atoms with Crippen LogP contribution in [0.4, 0.5) is 35.3 Å². The van der Waals surface area contributed by atoms with E-state index in [0.717, 1.165) is 43.9 Å². The van der Waals surface area contributed by atoms with Crippen molar-refractivity contribution >= 4 is 23.4 Å². The van der Waals surface area contributed by atoms with Crippen molar-refractivity contribution in [3.8, 4) is 0 Å². The molecule has 3 N–H and O–H groups in total. The maximum Gasteiger partial charge on any atom is 0.416 e. The third-order valence-electron chi connectivity index (χ3n) is 4.25. The lowest BCUT2D eigenvalue weighted by atomic mass is 10.2. The van der Waals surface area contributed by atoms with Crippen LogP contribution in [-0.4, -0.2) is 42.2 Å². The largest absolute Gasteiger partial charge is 0.416 e. The van der Waals surface area contributed by atoms with Crippen LogP contribution in [0.3, 0.4) is 0 Å². The molecule has 1 aromatic carbocycles. The lowest BCUT2D eigenvalue weighted by Gasteiger charge is -2.16. The first-order valence-corrected chi connectivity index (χ1v) is 8.95. The molecular weight excluding hydrogens is 373 g/mol. The molecule has 0 bridgehead atoms. The first-order chi connectivity index (χ1) is 13.4. The van der Waals surface area contributed by atoms with Crippen LogP contribution < -0.4 is 20.9 Å². The summed E-state index contributed by atoms with van der Waals surface area (Å²) < 4.78 is 38.1. The van der Waals surface area contributed by atoms with Crippen molar-refractivity contribution in [1.29, 1.82) is 0 Å². The zero-order valence-electron chi connectivity index (χ0n) is 15.1. The normalized spacial score (nSPS) is 14.0. The summed E-state index contributed by atoms with van der Waals surface area (Å²) in [7, 11) is 0. The third kappa shape index (κ3) is 5.48. The summed E-state index contributed by atoms with van der Waals surface area (Å²) in [5.74, 6) is 1.52. The van der Waals surface area contributed by atoms with Crippen LogP contribution in [0.1, 0.15) is 18.4 Å². The minimum atomic E-state index is -4.45. The molecule has 3 rings (SSSR count). The Morgan fingerprint density at radius 2 is 1.89 bits per heavy atom. The standard InChI is InChI=1S/C18H21F3N6O/c19-18(20,21)13-4-3-5-14(10-13)26-17(28)23-7-6-22-15-11-16(25-12-24-15)27-8-1-2-9-27/h3-5,10-12H,1-2,6-9H2,(H,22,24,25)(H2,23,26,28). The van der Waals surface area contributed by atoms with Crippen LogP contribution in [0.15, 0.2) is 36.7 Å². The average Bonchev–Trinajstić information content (AvgIpc) is 3.20. The number of hydrogen-bond acceptors (Lipinski definition) is 5. The van der Waals surface area contributed by atoms with Crippen molar-refractivity contribution in [3.05, 3.63) is 42.2 Å². The molecule has 1 saturated heterocycles. The van der Waals surface area contributed by atoms with Gasteiger partial charge >= 0.3 is 12.2 Å². The van der Waals surface area contributed by atoms with Crippen molar-refractivity contribution in [2.75, 3.05) is 41.7 Å². The van der Waals surface area contributed by atoms with E-state index >= 15 is 0 Å². The average molecular weight is 394 g/mol. The van der Waals surface area contributed by atoms with Gasteiger partial charge in [0.25, 0.3) is 0 Å². The number of amides is 2. The Hall–Kier alpha value is -3.04. The van der Waals surface area contributed by atoms with E-state index in [1.54, 1.807) is 0 Å². The monoisotopic (exact) mass is 394 g/mol. The summed E-state index contributed by atoms with van der Waals surface area (Å²) in [6.07, 6.45) is -0.664. The molecule has 28 heavy (non-hydrogen) atoms. The van der Waals surface area contributed by atoms with Crippen LogP contribution in [0.5, 0.6) is 0 Å². The van der Waals surface area contributed by atoms with E-state index in [1.165, 1.54) is 18.5 Å². The summed E-state index contributed by atoms with van der Waals surface area (Å²) >= 11 is 0. The second-order valence-corrected chi connectivity index (χ2v) is 6.34. The number of anilines is 3. The van der Waals surface area contributed by atoms with Crippen molar-refractivity contribution in [1.82, 2.24) is 15.3 Å². The Labute approximate surface area is 160 Å². The minimum Gasteiger partial charge on any atom is -0.368 e. The van der Waals surface area contributed by atoms with E-state index in [1.807, 2.05) is 6.07 Å². The molecule has 0 atom stereocenters. The van der Waals surface area contributed by atoms with Crippen LogP contribution >= 0.6 is 0 Å². The van der Waals surface area contributed by atoms with Gasteiger partial charge in [-0.1, -0.05) is 6.07 Å². The third-order valence-corrected chi connectivity index (χ3v) is 4.25. The van der Waals surface area contributed by atoms with Gasteiger partial charge in [-0.05, 0) is 31.0 Å². The van der Waals surface area contributed by atoms with E-state index < -0.39 is 17.8 Å². The molecule has 0 aliphatic carbocycles. The molecule has 0 saturated carbocycles. The minimum absolute atomic E-state index is 0.0753. The maximum atomic E-state index is 12.7. The number of hydrogen-bond donors (Lipinski definition) is 3. The van der Waals surface area contributed by atoms with Gasteiger partial charge in [0.1, 0.15) is 18.0 Å². The van der Waals surface area contributed by atoms with E-state index in [-0.39, 0.29) is 12.2 Å². The summed E-state index contributed by atoms with van der Waals surface area (Å²) in [4.78, 5) is 22.4. The van der Waals surface area contributed by atoms with Crippen LogP contribution in [0.25, 0.3) is 0 Å². The number of carbonyl (C=O) groups excluding carboxylic acids is 1. The Kier molecular flexibility index (Phi) is 6.17. The first kappa shape index (κ1) is 19.7. The first-order valence-electron chi connectivity index (χ1n) is 8.95. The molecule has 10 heteroatoms. The van der Waals surface area contributed by atoms with Crippen molar-refractivity contribution in [2.45, 2.75) is 19.0 Å². The predicted molar refractivity (Wildman–Crippen MR) is 100 cm³/mol. The number of carbonyl (C=O) groups is 1. The fraction of sp³-hybridized carbons (Fsp3) is 0.389. The quantitative estimate of drug-likeness (QED) is 0.655. The molecule has 1 fully saturated rings. The second-order valence-electron chi connectivity index (χ2n) is 6.34. The van der Waals surface area contributed by atoms with E-state index in [2.05, 4.69) is 30.8 Å². The molecule has 7 nitrogen and oxygen atoms in total. The van der Waals surface area contributed by atoms with Gasteiger partial charge < -0.3 is 20.9 Å². The van der Waals surface area contributed by atoms with Crippen LogP contribution in [-0.2, 0) is 6.18 Å². The number of rotatable bonds is 6. The summed E-state index contributed by atoms with van der Waals surface area (Å²) in [6.45, 7) is 2.64. The van der Waals surface area contributed by atoms with Gasteiger partial charge in [-0.3, -0.25) is 0 Å². The number of aromatic nitrogens is 2. The van der Waals surface area contributed by atoms with Gasteiger partial charge in [0.2, 0.25) is 0 Å². The SMILES string of the molecule is O=C(NCCNc1cc(N2CCCC2)ncn1)Nc1cccc(C(F)(F)F)c1. The lowest BCUT2D eigenvalue weighted by Crippen LogP contribution is -2.32. The van der Waals surface area contributed by atoms with Crippen LogP contribution in [0.2, 0.25) is 0 Å². The number of nitrogens with one attached hydrogen (secondary N) is 3. The summed E-state index contributed by atoms with van der Waals surface area (Å²) in [6, 6.07) is 5.75. The molecule has 0 unspecified atom stereocenters. The molecule has 2 heterocycles. The van der Waals surface area contributed by atoms with Gasteiger partial charge in [0.05, 0.1) is 5.56 Å². The number of benzene rings is 1. The Bertz CT molecular complexity index is 808. The van der Waals surface area contributed by atoms with Gasteiger partial charge in [-0.15, -0.1) is 0 Å². The highest BCUT2D eigenvalue weighted by Crippen LogP contribution is 2.30. The molecule has 2 aromatic rings.